The number of aliphatic hydroxyl groups excluding tert-OH is 1. The highest BCUT2D eigenvalue weighted by Crippen LogP contribution is 2.42. The molecular weight excluding hydrogens is 236 g/mol. The molecule has 4 N–H and O–H groups in total. The summed E-state index contributed by atoms with van der Waals surface area (Å²) in [5.74, 6) is 0.380. The minimum Gasteiger partial charge on any atom is -0.392 e. The molecule has 1 fully saturated rings. The highest BCUT2D eigenvalue weighted by Gasteiger charge is 2.47. The van der Waals surface area contributed by atoms with E-state index in [2.05, 4.69) is 10.3 Å². The van der Waals surface area contributed by atoms with E-state index in [0.717, 1.165) is 0 Å². The summed E-state index contributed by atoms with van der Waals surface area (Å²) in [5, 5.41) is 23.4. The molecule has 7 nitrogen and oxygen atoms in total. The van der Waals surface area contributed by atoms with E-state index >= 15 is 0 Å². The van der Waals surface area contributed by atoms with Crippen molar-refractivity contribution in [2.75, 3.05) is 11.1 Å². The Labute approximate surface area is 104 Å². The van der Waals surface area contributed by atoms with Crippen molar-refractivity contribution in [2.24, 2.45) is 5.41 Å². The van der Waals surface area contributed by atoms with Crippen LogP contribution in [0.25, 0.3) is 0 Å². The summed E-state index contributed by atoms with van der Waals surface area (Å²) in [6, 6.07) is 2.93. The van der Waals surface area contributed by atoms with Gasteiger partial charge in [-0.3, -0.25) is 10.1 Å². The van der Waals surface area contributed by atoms with Crippen LogP contribution in [0.3, 0.4) is 0 Å². The van der Waals surface area contributed by atoms with Crippen LogP contribution in [-0.2, 0) is 0 Å². The summed E-state index contributed by atoms with van der Waals surface area (Å²) < 4.78 is 0. The van der Waals surface area contributed by atoms with Crippen LogP contribution >= 0.6 is 0 Å². The summed E-state index contributed by atoms with van der Waals surface area (Å²) >= 11 is 0. The van der Waals surface area contributed by atoms with Crippen LogP contribution in [0.2, 0.25) is 0 Å². The fraction of sp³-hybridized carbons (Fsp3) is 0.545. The molecule has 2 atom stereocenters. The predicted molar refractivity (Wildman–Crippen MR) is 67.1 cm³/mol. The Bertz CT molecular complexity index is 489. The van der Waals surface area contributed by atoms with Gasteiger partial charge in [-0.1, -0.05) is 13.8 Å². The molecule has 1 aromatic heterocycles. The molecular formula is C11H16N4O3. The van der Waals surface area contributed by atoms with Crippen molar-refractivity contribution in [2.45, 2.75) is 32.4 Å². The fourth-order valence-corrected chi connectivity index (χ4v) is 2.03. The number of anilines is 2. The molecule has 98 valence electrons. The Balaban J connectivity index is 2.12. The Hall–Kier alpha value is -1.89. The molecule has 0 aromatic carbocycles. The van der Waals surface area contributed by atoms with Crippen LogP contribution in [-0.4, -0.2) is 27.2 Å². The number of hydrogen-bond donors (Lipinski definition) is 3. The monoisotopic (exact) mass is 252 g/mol. The lowest BCUT2D eigenvalue weighted by atomic mass is 9.64. The van der Waals surface area contributed by atoms with Gasteiger partial charge in [0.05, 0.1) is 11.0 Å². The van der Waals surface area contributed by atoms with E-state index in [1.54, 1.807) is 0 Å². The highest BCUT2D eigenvalue weighted by atomic mass is 16.6. The van der Waals surface area contributed by atoms with Crippen molar-refractivity contribution < 1.29 is 10.0 Å². The third-order valence-electron chi connectivity index (χ3n) is 3.64. The number of nitro groups is 1. The van der Waals surface area contributed by atoms with Gasteiger partial charge < -0.3 is 16.2 Å². The molecule has 7 heteroatoms. The first-order valence-corrected chi connectivity index (χ1v) is 5.68. The Morgan fingerprint density at radius 3 is 2.72 bits per heavy atom. The van der Waals surface area contributed by atoms with Gasteiger partial charge in [0, 0.05) is 17.5 Å². The van der Waals surface area contributed by atoms with Gasteiger partial charge in [-0.15, -0.1) is 0 Å². The van der Waals surface area contributed by atoms with Gasteiger partial charge in [-0.2, -0.15) is 0 Å². The normalized spacial score (nSPS) is 25.3. The van der Waals surface area contributed by atoms with E-state index in [-0.39, 0.29) is 29.1 Å². The van der Waals surface area contributed by atoms with Crippen molar-refractivity contribution in [1.29, 1.82) is 0 Å². The number of rotatable bonds is 3. The van der Waals surface area contributed by atoms with Crippen LogP contribution in [0, 0.1) is 15.5 Å². The van der Waals surface area contributed by atoms with Crippen molar-refractivity contribution in [1.82, 2.24) is 4.98 Å². The van der Waals surface area contributed by atoms with E-state index in [0.29, 0.717) is 12.2 Å². The number of hydrogen-bond acceptors (Lipinski definition) is 6. The molecule has 1 aromatic rings. The summed E-state index contributed by atoms with van der Waals surface area (Å²) in [5.41, 5.74) is 5.07. The third-order valence-corrected chi connectivity index (χ3v) is 3.64. The van der Waals surface area contributed by atoms with E-state index in [1.807, 2.05) is 13.8 Å². The first kappa shape index (κ1) is 12.6. The Morgan fingerprint density at radius 1 is 1.61 bits per heavy atom. The van der Waals surface area contributed by atoms with Gasteiger partial charge in [0.1, 0.15) is 5.82 Å². The average molecular weight is 252 g/mol. The van der Waals surface area contributed by atoms with Crippen molar-refractivity contribution in [3.8, 4) is 0 Å². The smallest absolute Gasteiger partial charge is 0.311 e. The second kappa shape index (κ2) is 4.09. The molecule has 0 spiro atoms. The molecule has 18 heavy (non-hydrogen) atoms. The van der Waals surface area contributed by atoms with E-state index < -0.39 is 4.92 Å². The zero-order valence-corrected chi connectivity index (χ0v) is 10.3. The maximum Gasteiger partial charge on any atom is 0.311 e. The van der Waals surface area contributed by atoms with Gasteiger partial charge in [0.15, 0.2) is 0 Å². The van der Waals surface area contributed by atoms with Crippen LogP contribution in [0.1, 0.15) is 20.3 Å². The number of pyridine rings is 1. The SMILES string of the molecule is CC1(C)C(O)CC1Nc1ccc([N+](=O)[O-])c(N)n1. The lowest BCUT2D eigenvalue weighted by Gasteiger charge is -2.49. The fourth-order valence-electron chi connectivity index (χ4n) is 2.03. The second-order valence-corrected chi connectivity index (χ2v) is 5.13. The van der Waals surface area contributed by atoms with Gasteiger partial charge >= 0.3 is 5.69 Å². The Morgan fingerprint density at radius 2 is 2.28 bits per heavy atom. The topological polar surface area (TPSA) is 114 Å². The molecule has 0 bridgehead atoms. The average Bonchev–Trinajstić information content (AvgIpc) is 2.28. The van der Waals surface area contributed by atoms with Crippen molar-refractivity contribution >= 4 is 17.3 Å². The maximum atomic E-state index is 10.6. The maximum absolute atomic E-state index is 10.6. The lowest BCUT2D eigenvalue weighted by Crippen LogP contribution is -2.57. The molecule has 1 aliphatic rings. The quantitative estimate of drug-likeness (QED) is 0.549. The highest BCUT2D eigenvalue weighted by molar-refractivity contribution is 5.57. The molecule has 1 saturated carbocycles. The molecule has 2 rings (SSSR count). The van der Waals surface area contributed by atoms with E-state index in [1.165, 1.54) is 12.1 Å². The van der Waals surface area contributed by atoms with Crippen LogP contribution in [0.5, 0.6) is 0 Å². The van der Waals surface area contributed by atoms with Crippen LogP contribution in [0.15, 0.2) is 12.1 Å². The predicted octanol–water partition coefficient (Wildman–Crippen LogP) is 1.14. The molecule has 0 saturated heterocycles. The van der Waals surface area contributed by atoms with Gasteiger partial charge in [-0.05, 0) is 12.5 Å². The molecule has 0 radical (unpaired) electrons. The summed E-state index contributed by atoms with van der Waals surface area (Å²) in [6.07, 6.45) is 0.288. The lowest BCUT2D eigenvalue weighted by molar-refractivity contribution is -0.384. The number of nitrogens with zero attached hydrogens (tertiary/aromatic N) is 2. The number of nitrogen functional groups attached to an aromatic ring is 1. The summed E-state index contributed by atoms with van der Waals surface area (Å²) in [7, 11) is 0. The number of aromatic nitrogens is 1. The molecule has 0 aliphatic heterocycles. The van der Waals surface area contributed by atoms with Crippen LogP contribution < -0.4 is 11.1 Å². The third kappa shape index (κ3) is 1.97. The second-order valence-electron chi connectivity index (χ2n) is 5.13. The standard InChI is InChI=1S/C11H16N4O3/c1-11(2)7(5-8(11)16)13-9-4-3-6(15(17)18)10(12)14-9/h3-4,7-8,16H,5H2,1-2H3,(H3,12,13,14). The van der Waals surface area contributed by atoms with E-state index in [4.69, 9.17) is 5.73 Å². The zero-order valence-electron chi connectivity index (χ0n) is 10.3. The zero-order chi connectivity index (χ0) is 13.5. The number of aliphatic hydroxyl groups is 1. The number of nitrogens with two attached hydrogens (primary N) is 1. The Kier molecular flexibility index (Phi) is 2.86. The first-order chi connectivity index (χ1) is 8.32. The van der Waals surface area contributed by atoms with Gasteiger partial charge in [0.25, 0.3) is 0 Å². The first-order valence-electron chi connectivity index (χ1n) is 5.68. The molecule has 1 aliphatic carbocycles. The molecule has 0 amide bonds. The minimum atomic E-state index is -0.566. The molecule has 1 heterocycles. The van der Waals surface area contributed by atoms with Gasteiger partial charge in [-0.25, -0.2) is 4.98 Å². The van der Waals surface area contributed by atoms with Crippen molar-refractivity contribution in [3.63, 3.8) is 0 Å². The summed E-state index contributed by atoms with van der Waals surface area (Å²) in [6.45, 7) is 3.90. The minimum absolute atomic E-state index is 0.0841. The van der Waals surface area contributed by atoms with Gasteiger partial charge in [0.2, 0.25) is 5.82 Å². The van der Waals surface area contributed by atoms with Crippen molar-refractivity contribution in [3.05, 3.63) is 22.2 Å². The van der Waals surface area contributed by atoms with Crippen LogP contribution in [0.4, 0.5) is 17.3 Å². The summed E-state index contributed by atoms with van der Waals surface area (Å²) in [4.78, 5) is 14.0. The number of nitrogens with one attached hydrogen (secondary N) is 1. The largest absolute Gasteiger partial charge is 0.392 e. The van der Waals surface area contributed by atoms with E-state index in [9.17, 15) is 15.2 Å². The molecule has 2 unspecified atom stereocenters.